The van der Waals surface area contributed by atoms with Gasteiger partial charge in [-0.3, -0.25) is 0 Å². The Hall–Kier alpha value is -1.26. The molecule has 0 aliphatic heterocycles. The lowest BCUT2D eigenvalue weighted by molar-refractivity contribution is 0.210. The first-order valence-electron chi connectivity index (χ1n) is 6.51. The summed E-state index contributed by atoms with van der Waals surface area (Å²) in [7, 11) is 0. The Kier molecular flexibility index (Phi) is 6.67. The van der Waals surface area contributed by atoms with E-state index in [2.05, 4.69) is 5.32 Å². The number of hydrogen-bond acceptors (Lipinski definition) is 2. The topological polar surface area (TPSA) is 52.6 Å². The molecule has 0 heterocycles. The maximum atomic E-state index is 12.1. The molecule has 0 saturated carbocycles. The predicted octanol–water partition coefficient (Wildman–Crippen LogP) is 3.27. The largest absolute Gasteiger partial charge is 0.396 e. The zero-order valence-electron chi connectivity index (χ0n) is 11.4. The molecule has 4 nitrogen and oxygen atoms in total. The second-order valence-electron chi connectivity index (χ2n) is 4.40. The summed E-state index contributed by atoms with van der Waals surface area (Å²) in [6, 6.07) is 5.28. The number of benzene rings is 1. The monoisotopic (exact) mass is 284 g/mol. The van der Waals surface area contributed by atoms with Gasteiger partial charge in [0.2, 0.25) is 0 Å². The van der Waals surface area contributed by atoms with E-state index in [9.17, 15) is 4.79 Å². The van der Waals surface area contributed by atoms with E-state index in [1.54, 1.807) is 17.0 Å². The average Bonchev–Trinajstić information content (AvgIpc) is 2.39. The van der Waals surface area contributed by atoms with E-state index in [4.69, 9.17) is 16.7 Å². The molecule has 0 unspecified atom stereocenters. The second kappa shape index (κ2) is 8.02. The van der Waals surface area contributed by atoms with E-state index in [-0.39, 0.29) is 12.6 Å². The first-order valence-corrected chi connectivity index (χ1v) is 6.89. The quantitative estimate of drug-likeness (QED) is 0.788. The number of aryl methyl sites for hydroxylation is 1. The van der Waals surface area contributed by atoms with E-state index in [1.165, 1.54) is 0 Å². The predicted molar refractivity (Wildman–Crippen MR) is 78.8 cm³/mol. The average molecular weight is 285 g/mol. The number of nitrogens with one attached hydrogen (secondary N) is 1. The molecule has 106 valence electrons. The van der Waals surface area contributed by atoms with Crippen LogP contribution in [-0.4, -0.2) is 35.7 Å². The molecule has 0 spiro atoms. The molecule has 0 bridgehead atoms. The van der Waals surface area contributed by atoms with Crippen LogP contribution in [0.25, 0.3) is 0 Å². The molecular formula is C14H21ClN2O2. The van der Waals surface area contributed by atoms with Gasteiger partial charge >= 0.3 is 6.03 Å². The number of urea groups is 1. The maximum absolute atomic E-state index is 12.1. The summed E-state index contributed by atoms with van der Waals surface area (Å²) >= 11 is 5.94. The van der Waals surface area contributed by atoms with E-state index in [0.717, 1.165) is 17.7 Å². The number of amides is 2. The molecule has 0 saturated heterocycles. The van der Waals surface area contributed by atoms with Crippen molar-refractivity contribution in [1.29, 1.82) is 0 Å². The number of aliphatic hydroxyl groups excluding tert-OH is 1. The maximum Gasteiger partial charge on any atom is 0.321 e. The van der Waals surface area contributed by atoms with Crippen molar-refractivity contribution in [1.82, 2.24) is 4.90 Å². The highest BCUT2D eigenvalue weighted by atomic mass is 35.5. The Morgan fingerprint density at radius 3 is 2.74 bits per heavy atom. The van der Waals surface area contributed by atoms with Gasteiger partial charge in [-0.1, -0.05) is 11.6 Å². The highest BCUT2D eigenvalue weighted by Crippen LogP contribution is 2.19. The van der Waals surface area contributed by atoms with Crippen LogP contribution in [0.1, 0.15) is 25.3 Å². The van der Waals surface area contributed by atoms with Crippen molar-refractivity contribution in [2.75, 3.05) is 25.0 Å². The Morgan fingerprint density at radius 2 is 2.16 bits per heavy atom. The van der Waals surface area contributed by atoms with Crippen LogP contribution in [-0.2, 0) is 0 Å². The summed E-state index contributed by atoms with van der Waals surface area (Å²) in [6.45, 7) is 5.29. The van der Waals surface area contributed by atoms with Crippen molar-refractivity contribution in [3.05, 3.63) is 28.8 Å². The minimum atomic E-state index is -0.123. The van der Waals surface area contributed by atoms with Gasteiger partial charge in [0.15, 0.2) is 0 Å². The van der Waals surface area contributed by atoms with Crippen LogP contribution < -0.4 is 5.32 Å². The number of carbonyl (C=O) groups is 1. The summed E-state index contributed by atoms with van der Waals surface area (Å²) < 4.78 is 0. The minimum Gasteiger partial charge on any atom is -0.396 e. The molecule has 0 atom stereocenters. The Bertz CT molecular complexity index is 424. The van der Waals surface area contributed by atoms with Crippen molar-refractivity contribution in [3.63, 3.8) is 0 Å². The van der Waals surface area contributed by atoms with Gasteiger partial charge in [-0.2, -0.15) is 0 Å². The van der Waals surface area contributed by atoms with Gasteiger partial charge in [-0.05, 0) is 50.5 Å². The Labute approximate surface area is 119 Å². The smallest absolute Gasteiger partial charge is 0.321 e. The van der Waals surface area contributed by atoms with Crippen LogP contribution in [0.4, 0.5) is 10.5 Å². The number of nitrogens with zero attached hydrogens (tertiary/aromatic N) is 1. The van der Waals surface area contributed by atoms with E-state index in [0.29, 0.717) is 24.5 Å². The Balaban J connectivity index is 2.58. The molecular weight excluding hydrogens is 264 g/mol. The van der Waals surface area contributed by atoms with Gasteiger partial charge in [0, 0.05) is 30.4 Å². The fraction of sp³-hybridized carbons (Fsp3) is 0.500. The SMILES string of the molecule is CCN(CCCCO)C(=O)Nc1ccc(Cl)c(C)c1. The molecule has 1 aromatic carbocycles. The standard InChI is InChI=1S/C14H21ClN2O2/c1-3-17(8-4-5-9-18)14(19)16-12-6-7-13(15)11(2)10-12/h6-7,10,18H,3-5,8-9H2,1-2H3,(H,16,19). The molecule has 1 aromatic rings. The zero-order chi connectivity index (χ0) is 14.3. The first kappa shape index (κ1) is 15.8. The van der Waals surface area contributed by atoms with Gasteiger partial charge < -0.3 is 15.3 Å². The minimum absolute atomic E-state index is 0.123. The van der Waals surface area contributed by atoms with Crippen LogP contribution in [0.3, 0.4) is 0 Å². The molecule has 0 aromatic heterocycles. The molecule has 0 fully saturated rings. The molecule has 0 aliphatic carbocycles. The molecule has 1 rings (SSSR count). The molecule has 19 heavy (non-hydrogen) atoms. The zero-order valence-corrected chi connectivity index (χ0v) is 12.2. The van der Waals surface area contributed by atoms with Gasteiger partial charge in [0.05, 0.1) is 0 Å². The number of rotatable bonds is 6. The molecule has 0 aliphatic rings. The lowest BCUT2D eigenvalue weighted by Crippen LogP contribution is -2.35. The van der Waals surface area contributed by atoms with Crippen molar-refractivity contribution >= 4 is 23.3 Å². The van der Waals surface area contributed by atoms with E-state index >= 15 is 0 Å². The number of unbranched alkanes of at least 4 members (excludes halogenated alkanes) is 1. The summed E-state index contributed by atoms with van der Waals surface area (Å²) in [6.07, 6.45) is 1.52. The van der Waals surface area contributed by atoms with Crippen molar-refractivity contribution in [2.24, 2.45) is 0 Å². The molecule has 5 heteroatoms. The van der Waals surface area contributed by atoms with E-state index < -0.39 is 0 Å². The van der Waals surface area contributed by atoms with Crippen LogP contribution in [0.15, 0.2) is 18.2 Å². The van der Waals surface area contributed by atoms with Gasteiger partial charge in [0.25, 0.3) is 0 Å². The van der Waals surface area contributed by atoms with Crippen molar-refractivity contribution in [3.8, 4) is 0 Å². The normalized spacial score (nSPS) is 10.3. The molecule has 2 amide bonds. The first-order chi connectivity index (χ1) is 9.08. The molecule has 2 N–H and O–H groups in total. The lowest BCUT2D eigenvalue weighted by atomic mass is 10.2. The van der Waals surface area contributed by atoms with Crippen LogP contribution in [0.5, 0.6) is 0 Å². The highest BCUT2D eigenvalue weighted by Gasteiger charge is 2.11. The summed E-state index contributed by atoms with van der Waals surface area (Å²) in [5.41, 5.74) is 1.68. The van der Waals surface area contributed by atoms with Crippen LogP contribution in [0, 0.1) is 6.92 Å². The highest BCUT2D eigenvalue weighted by molar-refractivity contribution is 6.31. The van der Waals surface area contributed by atoms with Gasteiger partial charge in [-0.15, -0.1) is 0 Å². The lowest BCUT2D eigenvalue weighted by Gasteiger charge is -2.21. The van der Waals surface area contributed by atoms with Crippen LogP contribution >= 0.6 is 11.6 Å². The number of anilines is 1. The number of hydrogen-bond donors (Lipinski definition) is 2. The van der Waals surface area contributed by atoms with Crippen molar-refractivity contribution < 1.29 is 9.90 Å². The van der Waals surface area contributed by atoms with Crippen LogP contribution in [0.2, 0.25) is 5.02 Å². The van der Waals surface area contributed by atoms with Crippen molar-refractivity contribution in [2.45, 2.75) is 26.7 Å². The molecule has 0 radical (unpaired) electrons. The summed E-state index contributed by atoms with van der Waals surface area (Å²) in [5.74, 6) is 0. The summed E-state index contributed by atoms with van der Waals surface area (Å²) in [4.78, 5) is 13.8. The fourth-order valence-corrected chi connectivity index (χ4v) is 1.86. The Morgan fingerprint density at radius 1 is 1.42 bits per heavy atom. The second-order valence-corrected chi connectivity index (χ2v) is 4.81. The third-order valence-corrected chi connectivity index (χ3v) is 3.34. The van der Waals surface area contributed by atoms with Gasteiger partial charge in [-0.25, -0.2) is 4.79 Å². The fourth-order valence-electron chi connectivity index (χ4n) is 1.74. The summed E-state index contributed by atoms with van der Waals surface area (Å²) in [5, 5.41) is 12.3. The third-order valence-electron chi connectivity index (χ3n) is 2.91. The van der Waals surface area contributed by atoms with Gasteiger partial charge in [0.1, 0.15) is 0 Å². The number of carbonyl (C=O) groups excluding carboxylic acids is 1. The van der Waals surface area contributed by atoms with E-state index in [1.807, 2.05) is 19.9 Å². The third kappa shape index (κ3) is 5.09. The number of halogens is 1. The number of aliphatic hydroxyl groups is 1.